The normalized spacial score (nSPS) is 11.9. The molecule has 0 aliphatic heterocycles. The van der Waals surface area contributed by atoms with Crippen molar-refractivity contribution < 1.29 is 13.2 Å². The summed E-state index contributed by atoms with van der Waals surface area (Å²) >= 11 is 0. The van der Waals surface area contributed by atoms with E-state index >= 15 is 0 Å². The molecule has 0 saturated carbocycles. The molecule has 86 valence electrons. The minimum atomic E-state index is -3.31. The zero-order valence-electron chi connectivity index (χ0n) is 8.66. The van der Waals surface area contributed by atoms with Crippen molar-refractivity contribution in [2.24, 2.45) is 5.14 Å². The second kappa shape index (κ2) is 8.16. The average Bonchev–Trinajstić information content (AvgIpc) is 2.08. The highest BCUT2D eigenvalue weighted by Gasteiger charge is 2.00. The van der Waals surface area contributed by atoms with Crippen molar-refractivity contribution in [1.82, 2.24) is 5.32 Å². The molecule has 0 heterocycles. The van der Waals surface area contributed by atoms with Crippen LogP contribution in [0.25, 0.3) is 0 Å². The summed E-state index contributed by atoms with van der Waals surface area (Å²) in [7, 11) is -1.62. The minimum absolute atomic E-state index is 0.00503. The summed E-state index contributed by atoms with van der Waals surface area (Å²) in [5, 5.41) is 7.85. The van der Waals surface area contributed by atoms with E-state index < -0.39 is 10.0 Å². The van der Waals surface area contributed by atoms with Crippen LogP contribution in [0.4, 0.5) is 0 Å². The molecule has 0 spiro atoms. The summed E-state index contributed by atoms with van der Waals surface area (Å²) in [5.74, 6) is 0.00503. The molecule has 0 aliphatic rings. The van der Waals surface area contributed by atoms with Gasteiger partial charge in [-0.15, -0.1) is 0 Å². The predicted octanol–water partition coefficient (Wildman–Crippen LogP) is -0.319. The van der Waals surface area contributed by atoms with E-state index in [0.29, 0.717) is 6.54 Å². The van der Waals surface area contributed by atoms with Crippen LogP contribution >= 0.6 is 0 Å². The van der Waals surface area contributed by atoms with Crippen molar-refractivity contribution in [2.45, 2.75) is 19.3 Å². The molecule has 0 aromatic heterocycles. The monoisotopic (exact) mass is 224 g/mol. The highest BCUT2D eigenvalue weighted by molar-refractivity contribution is 7.89. The van der Waals surface area contributed by atoms with Crippen LogP contribution in [0.15, 0.2) is 0 Å². The molecule has 0 radical (unpaired) electrons. The van der Waals surface area contributed by atoms with Crippen LogP contribution < -0.4 is 10.5 Å². The summed E-state index contributed by atoms with van der Waals surface area (Å²) in [6.07, 6.45) is 3.18. The number of hydrogen-bond acceptors (Lipinski definition) is 4. The predicted molar refractivity (Wildman–Crippen MR) is 56.6 cm³/mol. The summed E-state index contributed by atoms with van der Waals surface area (Å²) in [6, 6.07) is 0. The summed E-state index contributed by atoms with van der Waals surface area (Å²) in [6.45, 7) is 2.06. The standard InChI is InChI=1S/C8H20N2O3S/c1-13-7-4-2-3-5-10-6-8-14(9,11)12/h10H,2-8H2,1H3,(H2,9,11,12). The molecule has 3 N–H and O–H groups in total. The molecule has 14 heavy (non-hydrogen) atoms. The van der Waals surface area contributed by atoms with Crippen LogP contribution in [0, 0.1) is 0 Å². The van der Waals surface area contributed by atoms with Gasteiger partial charge in [-0.25, -0.2) is 13.6 Å². The second-order valence-electron chi connectivity index (χ2n) is 3.17. The Bertz CT molecular complexity index is 217. The number of nitrogens with one attached hydrogen (secondary N) is 1. The lowest BCUT2D eigenvalue weighted by molar-refractivity contribution is 0.192. The first-order chi connectivity index (χ1) is 6.56. The van der Waals surface area contributed by atoms with Crippen LogP contribution in [0.3, 0.4) is 0 Å². The number of methoxy groups -OCH3 is 1. The summed E-state index contributed by atoms with van der Waals surface area (Å²) < 4.78 is 26.0. The average molecular weight is 224 g/mol. The molecule has 0 aromatic rings. The lowest BCUT2D eigenvalue weighted by atomic mass is 10.2. The third kappa shape index (κ3) is 11.8. The Balaban J connectivity index is 3.07. The highest BCUT2D eigenvalue weighted by Crippen LogP contribution is 1.93. The number of nitrogens with two attached hydrogens (primary N) is 1. The second-order valence-corrected chi connectivity index (χ2v) is 4.90. The smallest absolute Gasteiger partial charge is 0.210 e. The third-order valence-corrected chi connectivity index (χ3v) is 2.54. The number of primary sulfonamides is 1. The summed E-state index contributed by atoms with van der Waals surface area (Å²) in [4.78, 5) is 0. The van der Waals surface area contributed by atoms with Gasteiger partial charge in [-0.3, -0.25) is 0 Å². The van der Waals surface area contributed by atoms with Gasteiger partial charge in [0, 0.05) is 20.3 Å². The Morgan fingerprint density at radius 3 is 2.50 bits per heavy atom. The van der Waals surface area contributed by atoms with E-state index in [0.717, 1.165) is 32.4 Å². The van der Waals surface area contributed by atoms with Crippen molar-refractivity contribution in [3.05, 3.63) is 0 Å². The van der Waals surface area contributed by atoms with Crippen molar-refractivity contribution in [1.29, 1.82) is 0 Å². The minimum Gasteiger partial charge on any atom is -0.385 e. The molecule has 0 bridgehead atoms. The molecule has 0 unspecified atom stereocenters. The number of unbranched alkanes of at least 4 members (excludes halogenated alkanes) is 2. The van der Waals surface area contributed by atoms with E-state index in [1.165, 1.54) is 0 Å². The van der Waals surface area contributed by atoms with Gasteiger partial charge in [0.15, 0.2) is 0 Å². The molecule has 0 atom stereocenters. The van der Waals surface area contributed by atoms with Gasteiger partial charge < -0.3 is 10.1 Å². The third-order valence-electron chi connectivity index (χ3n) is 1.77. The van der Waals surface area contributed by atoms with Crippen LogP contribution in [0.5, 0.6) is 0 Å². The fourth-order valence-corrected chi connectivity index (χ4v) is 1.44. The van der Waals surface area contributed by atoms with E-state index in [9.17, 15) is 8.42 Å². The van der Waals surface area contributed by atoms with Crippen molar-refractivity contribution in [3.63, 3.8) is 0 Å². The van der Waals surface area contributed by atoms with Crippen molar-refractivity contribution >= 4 is 10.0 Å². The van der Waals surface area contributed by atoms with E-state index in [1.807, 2.05) is 0 Å². The first-order valence-electron chi connectivity index (χ1n) is 4.76. The maximum atomic E-state index is 10.5. The maximum Gasteiger partial charge on any atom is 0.210 e. The van der Waals surface area contributed by atoms with E-state index in [1.54, 1.807) is 7.11 Å². The SMILES string of the molecule is COCCCCCNCCS(N)(=O)=O. The van der Waals surface area contributed by atoms with Crippen LogP contribution in [0.2, 0.25) is 0 Å². The Morgan fingerprint density at radius 1 is 1.21 bits per heavy atom. The Kier molecular flexibility index (Phi) is 8.07. The Morgan fingerprint density at radius 2 is 1.93 bits per heavy atom. The van der Waals surface area contributed by atoms with Gasteiger partial charge in [-0.2, -0.15) is 0 Å². The summed E-state index contributed by atoms with van der Waals surface area (Å²) in [5.41, 5.74) is 0. The topological polar surface area (TPSA) is 81.4 Å². The van der Waals surface area contributed by atoms with Crippen LogP contribution in [-0.2, 0) is 14.8 Å². The Labute approximate surface area is 86.1 Å². The number of ether oxygens (including phenoxy) is 1. The van der Waals surface area contributed by atoms with Gasteiger partial charge in [0.05, 0.1) is 5.75 Å². The zero-order valence-corrected chi connectivity index (χ0v) is 9.48. The van der Waals surface area contributed by atoms with E-state index in [-0.39, 0.29) is 5.75 Å². The van der Waals surface area contributed by atoms with Crippen molar-refractivity contribution in [2.75, 3.05) is 32.6 Å². The van der Waals surface area contributed by atoms with Gasteiger partial charge in [0.1, 0.15) is 0 Å². The van der Waals surface area contributed by atoms with Gasteiger partial charge in [-0.05, 0) is 25.8 Å². The molecular formula is C8H20N2O3S. The molecule has 0 rings (SSSR count). The largest absolute Gasteiger partial charge is 0.385 e. The van der Waals surface area contributed by atoms with Crippen LogP contribution in [-0.4, -0.2) is 41.0 Å². The van der Waals surface area contributed by atoms with Gasteiger partial charge in [0.2, 0.25) is 10.0 Å². The number of rotatable bonds is 9. The molecule has 0 saturated heterocycles. The van der Waals surface area contributed by atoms with E-state index in [2.05, 4.69) is 5.32 Å². The fourth-order valence-electron chi connectivity index (χ4n) is 1.01. The molecule has 0 amide bonds. The number of hydrogen-bond donors (Lipinski definition) is 2. The first kappa shape index (κ1) is 13.8. The molecule has 6 heteroatoms. The highest BCUT2D eigenvalue weighted by atomic mass is 32.2. The van der Waals surface area contributed by atoms with Crippen molar-refractivity contribution in [3.8, 4) is 0 Å². The van der Waals surface area contributed by atoms with Gasteiger partial charge in [-0.1, -0.05) is 0 Å². The molecular weight excluding hydrogens is 204 g/mol. The first-order valence-corrected chi connectivity index (χ1v) is 6.48. The van der Waals surface area contributed by atoms with E-state index in [4.69, 9.17) is 9.88 Å². The lowest BCUT2D eigenvalue weighted by Gasteiger charge is -2.03. The number of sulfonamides is 1. The van der Waals surface area contributed by atoms with Gasteiger partial charge in [0.25, 0.3) is 0 Å². The molecule has 0 fully saturated rings. The quantitative estimate of drug-likeness (QED) is 0.526. The maximum absolute atomic E-state index is 10.5. The van der Waals surface area contributed by atoms with Crippen LogP contribution in [0.1, 0.15) is 19.3 Å². The zero-order chi connectivity index (χ0) is 10.9. The fraction of sp³-hybridized carbons (Fsp3) is 1.00. The van der Waals surface area contributed by atoms with Gasteiger partial charge >= 0.3 is 0 Å². The molecule has 0 aromatic carbocycles. The Hall–Kier alpha value is -0.170. The lowest BCUT2D eigenvalue weighted by Crippen LogP contribution is -2.27. The molecule has 0 aliphatic carbocycles. The molecule has 5 nitrogen and oxygen atoms in total.